The lowest BCUT2D eigenvalue weighted by Crippen LogP contribution is -2.41. The van der Waals surface area contributed by atoms with Crippen LogP contribution in [0.1, 0.15) is 19.4 Å². The standard InChI is InChI=1S/C16H22ClNO5/c1-3-22-8-9-23-12(2)16(21)18(11-15(19)20)10-13-4-6-14(17)7-5-13/h4-7,12H,3,8-11H2,1-2H3,(H,19,20). The molecule has 0 radical (unpaired) electrons. The second kappa shape index (κ2) is 10.2. The minimum absolute atomic E-state index is 0.182. The maximum atomic E-state index is 12.4. The minimum Gasteiger partial charge on any atom is -0.480 e. The first-order valence-corrected chi connectivity index (χ1v) is 7.76. The van der Waals surface area contributed by atoms with Gasteiger partial charge in [0.15, 0.2) is 0 Å². The summed E-state index contributed by atoms with van der Waals surface area (Å²) in [6.07, 6.45) is -0.734. The minimum atomic E-state index is -1.08. The number of ether oxygens (including phenoxy) is 2. The van der Waals surface area contributed by atoms with Crippen LogP contribution < -0.4 is 0 Å². The number of halogens is 1. The molecule has 1 atom stereocenters. The number of amides is 1. The third-order valence-corrected chi connectivity index (χ3v) is 3.32. The molecule has 1 aromatic rings. The lowest BCUT2D eigenvalue weighted by Gasteiger charge is -2.24. The van der Waals surface area contributed by atoms with Crippen LogP contribution in [-0.2, 0) is 25.6 Å². The molecule has 0 aliphatic heterocycles. The van der Waals surface area contributed by atoms with E-state index in [4.69, 9.17) is 26.2 Å². The molecule has 0 spiro atoms. The molecule has 1 amide bonds. The second-order valence-corrected chi connectivity index (χ2v) is 5.36. The van der Waals surface area contributed by atoms with Crippen LogP contribution in [-0.4, -0.2) is 54.4 Å². The van der Waals surface area contributed by atoms with Crippen molar-refractivity contribution < 1.29 is 24.2 Å². The van der Waals surface area contributed by atoms with E-state index >= 15 is 0 Å². The highest BCUT2D eigenvalue weighted by atomic mass is 35.5. The summed E-state index contributed by atoms with van der Waals surface area (Å²) in [6.45, 7) is 4.52. The summed E-state index contributed by atoms with van der Waals surface area (Å²) in [5, 5.41) is 9.59. The van der Waals surface area contributed by atoms with Crippen LogP contribution in [0.3, 0.4) is 0 Å². The Kier molecular flexibility index (Phi) is 8.61. The van der Waals surface area contributed by atoms with E-state index in [0.29, 0.717) is 18.2 Å². The first-order valence-electron chi connectivity index (χ1n) is 7.38. The zero-order chi connectivity index (χ0) is 17.2. The van der Waals surface area contributed by atoms with Gasteiger partial charge in [0.1, 0.15) is 12.6 Å². The molecule has 128 valence electrons. The van der Waals surface area contributed by atoms with Crippen molar-refractivity contribution in [1.29, 1.82) is 0 Å². The highest BCUT2D eigenvalue weighted by Gasteiger charge is 2.23. The summed E-state index contributed by atoms with van der Waals surface area (Å²) in [4.78, 5) is 24.6. The fourth-order valence-corrected chi connectivity index (χ4v) is 2.07. The van der Waals surface area contributed by atoms with Gasteiger partial charge in [0.2, 0.25) is 0 Å². The molecule has 1 aromatic carbocycles. The molecule has 0 saturated carbocycles. The molecule has 0 aliphatic rings. The van der Waals surface area contributed by atoms with Crippen molar-refractivity contribution in [2.75, 3.05) is 26.4 Å². The highest BCUT2D eigenvalue weighted by molar-refractivity contribution is 6.30. The SMILES string of the molecule is CCOCCOC(C)C(=O)N(CC(=O)O)Cc1ccc(Cl)cc1. The highest BCUT2D eigenvalue weighted by Crippen LogP contribution is 2.12. The molecule has 6 nitrogen and oxygen atoms in total. The Morgan fingerprint density at radius 1 is 1.26 bits per heavy atom. The van der Waals surface area contributed by atoms with Gasteiger partial charge in [-0.25, -0.2) is 0 Å². The smallest absolute Gasteiger partial charge is 0.323 e. The van der Waals surface area contributed by atoms with Crippen molar-refractivity contribution in [2.24, 2.45) is 0 Å². The predicted molar refractivity (Wildman–Crippen MR) is 86.4 cm³/mol. The van der Waals surface area contributed by atoms with Crippen LogP contribution in [0.5, 0.6) is 0 Å². The summed E-state index contributed by atoms with van der Waals surface area (Å²) in [7, 11) is 0. The molecule has 0 bridgehead atoms. The van der Waals surface area contributed by atoms with Crippen LogP contribution in [0, 0.1) is 0 Å². The lowest BCUT2D eigenvalue weighted by molar-refractivity contribution is -0.151. The van der Waals surface area contributed by atoms with Gasteiger partial charge in [-0.1, -0.05) is 23.7 Å². The molecular weight excluding hydrogens is 322 g/mol. The molecular formula is C16H22ClNO5. The topological polar surface area (TPSA) is 76.1 Å². The number of rotatable bonds is 10. The Morgan fingerprint density at radius 2 is 1.91 bits per heavy atom. The average molecular weight is 344 g/mol. The number of carboxylic acid groups (broad SMARTS) is 1. The maximum Gasteiger partial charge on any atom is 0.323 e. The van der Waals surface area contributed by atoms with E-state index in [0.717, 1.165) is 5.56 Å². The number of carboxylic acids is 1. The molecule has 0 heterocycles. The Morgan fingerprint density at radius 3 is 2.48 bits per heavy atom. The maximum absolute atomic E-state index is 12.4. The van der Waals surface area contributed by atoms with E-state index < -0.39 is 12.1 Å². The van der Waals surface area contributed by atoms with Gasteiger partial charge in [0.25, 0.3) is 5.91 Å². The van der Waals surface area contributed by atoms with E-state index in [-0.39, 0.29) is 25.6 Å². The zero-order valence-electron chi connectivity index (χ0n) is 13.3. The van der Waals surface area contributed by atoms with Gasteiger partial charge in [-0.05, 0) is 31.5 Å². The van der Waals surface area contributed by atoms with Gasteiger partial charge < -0.3 is 19.5 Å². The second-order valence-electron chi connectivity index (χ2n) is 4.92. The summed E-state index contributed by atoms with van der Waals surface area (Å²) < 4.78 is 10.5. The summed E-state index contributed by atoms with van der Waals surface area (Å²) in [5.41, 5.74) is 0.797. The third-order valence-electron chi connectivity index (χ3n) is 3.07. The monoisotopic (exact) mass is 343 g/mol. The van der Waals surface area contributed by atoms with Crippen LogP contribution in [0.2, 0.25) is 5.02 Å². The van der Waals surface area contributed by atoms with Crippen molar-refractivity contribution in [3.05, 3.63) is 34.9 Å². The average Bonchev–Trinajstić information content (AvgIpc) is 2.51. The van der Waals surface area contributed by atoms with E-state index in [2.05, 4.69) is 0 Å². The first-order chi connectivity index (χ1) is 10.9. The Hall–Kier alpha value is -1.63. The number of nitrogens with zero attached hydrogens (tertiary/aromatic N) is 1. The molecule has 1 rings (SSSR count). The Labute approximate surface area is 140 Å². The Balaban J connectivity index is 2.66. The van der Waals surface area contributed by atoms with E-state index in [1.807, 2.05) is 6.92 Å². The summed E-state index contributed by atoms with van der Waals surface area (Å²) in [5.74, 6) is -1.45. The number of benzene rings is 1. The van der Waals surface area contributed by atoms with Crippen molar-refractivity contribution >= 4 is 23.5 Å². The zero-order valence-corrected chi connectivity index (χ0v) is 14.1. The predicted octanol–water partition coefficient (Wildman–Crippen LogP) is 2.19. The van der Waals surface area contributed by atoms with Crippen LogP contribution in [0.15, 0.2) is 24.3 Å². The molecule has 1 N–H and O–H groups in total. The molecule has 1 unspecified atom stereocenters. The van der Waals surface area contributed by atoms with Crippen molar-refractivity contribution in [2.45, 2.75) is 26.5 Å². The number of hydrogen-bond donors (Lipinski definition) is 1. The van der Waals surface area contributed by atoms with Crippen molar-refractivity contribution in [3.8, 4) is 0 Å². The van der Waals surface area contributed by atoms with Gasteiger partial charge >= 0.3 is 5.97 Å². The van der Waals surface area contributed by atoms with Crippen molar-refractivity contribution in [1.82, 2.24) is 4.90 Å². The molecule has 0 aromatic heterocycles. The lowest BCUT2D eigenvalue weighted by atomic mass is 10.2. The van der Waals surface area contributed by atoms with Crippen LogP contribution in [0.4, 0.5) is 0 Å². The number of carbonyl (C=O) groups excluding carboxylic acids is 1. The van der Waals surface area contributed by atoms with Crippen LogP contribution >= 0.6 is 11.6 Å². The van der Waals surface area contributed by atoms with Crippen LogP contribution in [0.25, 0.3) is 0 Å². The quantitative estimate of drug-likeness (QED) is 0.659. The normalized spacial score (nSPS) is 12.0. The molecule has 23 heavy (non-hydrogen) atoms. The number of hydrogen-bond acceptors (Lipinski definition) is 4. The molecule has 0 saturated heterocycles. The third kappa shape index (κ3) is 7.45. The van der Waals surface area contributed by atoms with E-state index in [9.17, 15) is 9.59 Å². The molecule has 0 fully saturated rings. The fourth-order valence-electron chi connectivity index (χ4n) is 1.94. The van der Waals surface area contributed by atoms with Gasteiger partial charge in [-0.3, -0.25) is 9.59 Å². The van der Waals surface area contributed by atoms with E-state index in [1.165, 1.54) is 4.90 Å². The molecule has 0 aliphatic carbocycles. The first kappa shape index (κ1) is 19.4. The number of carbonyl (C=O) groups is 2. The summed E-state index contributed by atoms with van der Waals surface area (Å²) in [6, 6.07) is 6.90. The van der Waals surface area contributed by atoms with Gasteiger partial charge in [0, 0.05) is 18.2 Å². The van der Waals surface area contributed by atoms with Gasteiger partial charge in [-0.15, -0.1) is 0 Å². The summed E-state index contributed by atoms with van der Waals surface area (Å²) >= 11 is 5.82. The largest absolute Gasteiger partial charge is 0.480 e. The van der Waals surface area contributed by atoms with Gasteiger partial charge in [-0.2, -0.15) is 0 Å². The number of aliphatic carboxylic acids is 1. The van der Waals surface area contributed by atoms with Crippen molar-refractivity contribution in [3.63, 3.8) is 0 Å². The molecule has 7 heteroatoms. The van der Waals surface area contributed by atoms with Gasteiger partial charge in [0.05, 0.1) is 13.2 Å². The fraction of sp³-hybridized carbons (Fsp3) is 0.500. The Bertz CT molecular complexity index is 506. The van der Waals surface area contributed by atoms with E-state index in [1.54, 1.807) is 31.2 Å².